The van der Waals surface area contributed by atoms with Crippen LogP contribution in [0.3, 0.4) is 0 Å². The molecule has 1 saturated heterocycles. The van der Waals surface area contributed by atoms with E-state index >= 15 is 0 Å². The summed E-state index contributed by atoms with van der Waals surface area (Å²) in [4.78, 5) is 23.9. The number of nitrogens with one attached hydrogen (secondary N) is 2. The molecule has 0 spiro atoms. The van der Waals surface area contributed by atoms with Crippen LogP contribution in [0.5, 0.6) is 0 Å². The predicted octanol–water partition coefficient (Wildman–Crippen LogP) is 2.53. The zero-order valence-corrected chi connectivity index (χ0v) is 14.5. The van der Waals surface area contributed by atoms with Gasteiger partial charge in [-0.05, 0) is 37.7 Å². The van der Waals surface area contributed by atoms with Crippen molar-refractivity contribution in [1.82, 2.24) is 10.6 Å². The number of hydrogen-bond acceptors (Lipinski definition) is 3. The predicted molar refractivity (Wildman–Crippen MR) is 95.5 cm³/mol. The van der Waals surface area contributed by atoms with Crippen LogP contribution in [0.15, 0.2) is 30.3 Å². The van der Waals surface area contributed by atoms with Gasteiger partial charge in [0, 0.05) is 11.8 Å². The summed E-state index contributed by atoms with van der Waals surface area (Å²) in [6.07, 6.45) is 4.78. The van der Waals surface area contributed by atoms with Crippen molar-refractivity contribution in [3.05, 3.63) is 35.9 Å². The second kappa shape index (κ2) is 9.60. The van der Waals surface area contributed by atoms with Gasteiger partial charge in [0.25, 0.3) is 0 Å². The number of rotatable bonds is 7. The fourth-order valence-electron chi connectivity index (χ4n) is 2.63. The fourth-order valence-corrected chi connectivity index (χ4v) is 3.43. The number of benzene rings is 1. The van der Waals surface area contributed by atoms with Gasteiger partial charge in [0.05, 0.1) is 5.75 Å². The van der Waals surface area contributed by atoms with Crippen LogP contribution in [0.4, 0.5) is 0 Å². The molecule has 0 radical (unpaired) electrons. The molecule has 5 heteroatoms. The Kier molecular flexibility index (Phi) is 7.46. The molecule has 23 heavy (non-hydrogen) atoms. The fraction of sp³-hybridized carbons (Fsp3) is 0.556. The molecule has 1 aromatic carbocycles. The molecule has 4 nitrogen and oxygen atoms in total. The molecule has 2 amide bonds. The Morgan fingerprint density at radius 1 is 1.35 bits per heavy atom. The summed E-state index contributed by atoms with van der Waals surface area (Å²) in [5, 5.41) is 6.13. The lowest BCUT2D eigenvalue weighted by Crippen LogP contribution is -2.46. The Labute approximate surface area is 142 Å². The van der Waals surface area contributed by atoms with Gasteiger partial charge in [0.15, 0.2) is 0 Å². The molecule has 1 fully saturated rings. The summed E-state index contributed by atoms with van der Waals surface area (Å²) in [5.41, 5.74) is 1.33. The lowest BCUT2D eigenvalue weighted by Gasteiger charge is -2.16. The van der Waals surface area contributed by atoms with Crippen LogP contribution in [0, 0.1) is 0 Å². The number of thioether (sulfide) groups is 1. The molecule has 0 bridgehead atoms. The maximum Gasteiger partial charge on any atom is 0.242 e. The first-order valence-corrected chi connectivity index (χ1v) is 9.42. The molecule has 0 unspecified atom stereocenters. The van der Waals surface area contributed by atoms with Gasteiger partial charge in [-0.3, -0.25) is 9.59 Å². The third-order valence-corrected chi connectivity index (χ3v) is 5.29. The van der Waals surface area contributed by atoms with Crippen molar-refractivity contribution in [1.29, 1.82) is 0 Å². The summed E-state index contributed by atoms with van der Waals surface area (Å²) in [7, 11) is 0. The Morgan fingerprint density at radius 3 is 2.91 bits per heavy atom. The number of amides is 2. The summed E-state index contributed by atoms with van der Waals surface area (Å²) in [6, 6.07) is 10.0. The molecule has 2 rings (SSSR count). The molecule has 1 aromatic rings. The van der Waals surface area contributed by atoms with Gasteiger partial charge in [0.2, 0.25) is 11.8 Å². The van der Waals surface area contributed by atoms with E-state index in [9.17, 15) is 9.59 Å². The Bertz CT molecular complexity index is 507. The van der Waals surface area contributed by atoms with E-state index in [1.807, 2.05) is 6.07 Å². The second-order valence-corrected chi connectivity index (χ2v) is 7.48. The zero-order valence-electron chi connectivity index (χ0n) is 13.7. The molecule has 126 valence electrons. The van der Waals surface area contributed by atoms with Crippen LogP contribution in [0.25, 0.3) is 0 Å². The molecule has 0 saturated carbocycles. The number of hydrogen-bond donors (Lipinski definition) is 2. The second-order valence-electron chi connectivity index (χ2n) is 6.05. The zero-order chi connectivity index (χ0) is 16.5. The van der Waals surface area contributed by atoms with Gasteiger partial charge in [-0.15, -0.1) is 11.8 Å². The van der Waals surface area contributed by atoms with Crippen LogP contribution in [0.2, 0.25) is 0 Å². The van der Waals surface area contributed by atoms with Crippen molar-refractivity contribution >= 4 is 23.6 Å². The first-order valence-electron chi connectivity index (χ1n) is 8.38. The summed E-state index contributed by atoms with van der Waals surface area (Å²) in [6.45, 7) is 2.87. The summed E-state index contributed by atoms with van der Waals surface area (Å²) < 4.78 is 0. The highest BCUT2D eigenvalue weighted by Gasteiger charge is 2.22. The average molecular weight is 334 g/mol. The van der Waals surface area contributed by atoms with E-state index in [4.69, 9.17) is 0 Å². The van der Waals surface area contributed by atoms with E-state index in [1.54, 1.807) is 11.8 Å². The van der Waals surface area contributed by atoms with E-state index in [2.05, 4.69) is 41.8 Å². The van der Waals surface area contributed by atoms with Crippen molar-refractivity contribution < 1.29 is 9.59 Å². The highest BCUT2D eigenvalue weighted by molar-refractivity contribution is 8.00. The molecule has 2 N–H and O–H groups in total. The number of aryl methyl sites for hydroxylation is 1. The minimum absolute atomic E-state index is 0.0383. The van der Waals surface area contributed by atoms with Crippen molar-refractivity contribution in [3.8, 4) is 0 Å². The third-order valence-electron chi connectivity index (χ3n) is 4.05. The van der Waals surface area contributed by atoms with Gasteiger partial charge >= 0.3 is 0 Å². The van der Waals surface area contributed by atoms with E-state index in [0.717, 1.165) is 38.6 Å². The molecule has 1 aliphatic heterocycles. The first kappa shape index (κ1) is 17.9. The first-order chi connectivity index (χ1) is 11.1. The molecule has 1 heterocycles. The van der Waals surface area contributed by atoms with Gasteiger partial charge in [-0.2, -0.15) is 0 Å². The Hall–Kier alpha value is -1.49. The van der Waals surface area contributed by atoms with E-state index in [-0.39, 0.29) is 17.9 Å². The molecule has 2 atom stereocenters. The van der Waals surface area contributed by atoms with E-state index < -0.39 is 0 Å². The number of carbonyl (C=O) groups is 2. The number of carbonyl (C=O) groups excluding carboxylic acids is 2. The van der Waals surface area contributed by atoms with Crippen LogP contribution < -0.4 is 10.6 Å². The van der Waals surface area contributed by atoms with Gasteiger partial charge in [-0.25, -0.2) is 0 Å². The lowest BCUT2D eigenvalue weighted by atomic mass is 10.1. The Morgan fingerprint density at radius 2 is 2.13 bits per heavy atom. The summed E-state index contributed by atoms with van der Waals surface area (Å²) in [5.74, 6) is 0.335. The normalized spacial score (nSPS) is 19.5. The molecular weight excluding hydrogens is 308 g/mol. The monoisotopic (exact) mass is 334 g/mol. The molecule has 1 aliphatic rings. The van der Waals surface area contributed by atoms with Crippen molar-refractivity contribution in [2.24, 2.45) is 0 Å². The largest absolute Gasteiger partial charge is 0.354 e. The Balaban J connectivity index is 1.66. The third kappa shape index (κ3) is 6.65. The topological polar surface area (TPSA) is 58.2 Å². The van der Waals surface area contributed by atoms with Crippen molar-refractivity contribution in [2.75, 3.05) is 12.3 Å². The molecular formula is C18H26N2O2S. The van der Waals surface area contributed by atoms with Gasteiger partial charge in [0.1, 0.15) is 6.04 Å². The van der Waals surface area contributed by atoms with Crippen molar-refractivity contribution in [2.45, 2.75) is 50.3 Å². The van der Waals surface area contributed by atoms with Crippen LogP contribution >= 0.6 is 11.8 Å². The van der Waals surface area contributed by atoms with Crippen LogP contribution in [-0.2, 0) is 16.0 Å². The average Bonchev–Trinajstić information content (AvgIpc) is 2.77. The SMILES string of the molecule is C[C@H](CCc1ccccc1)SCC(=O)N[C@@H]1CCCCNC1=O. The lowest BCUT2D eigenvalue weighted by molar-refractivity contribution is -0.127. The van der Waals surface area contributed by atoms with Crippen LogP contribution in [0.1, 0.15) is 38.2 Å². The maximum absolute atomic E-state index is 12.0. The quantitative estimate of drug-likeness (QED) is 0.805. The molecule has 0 aliphatic carbocycles. The smallest absolute Gasteiger partial charge is 0.242 e. The highest BCUT2D eigenvalue weighted by Crippen LogP contribution is 2.17. The van der Waals surface area contributed by atoms with Gasteiger partial charge < -0.3 is 10.6 Å². The summed E-state index contributed by atoms with van der Waals surface area (Å²) >= 11 is 1.66. The standard InChI is InChI=1S/C18H26N2O2S/c1-14(10-11-15-7-3-2-4-8-15)23-13-17(21)20-16-9-5-6-12-19-18(16)22/h2-4,7-8,14,16H,5-6,9-13H2,1H3,(H,19,22)(H,20,21)/t14-,16-/m1/s1. The van der Waals surface area contributed by atoms with Crippen molar-refractivity contribution in [3.63, 3.8) is 0 Å². The van der Waals surface area contributed by atoms with E-state index in [0.29, 0.717) is 11.0 Å². The van der Waals surface area contributed by atoms with Gasteiger partial charge in [-0.1, -0.05) is 37.3 Å². The minimum atomic E-state index is -0.356. The highest BCUT2D eigenvalue weighted by atomic mass is 32.2. The minimum Gasteiger partial charge on any atom is -0.354 e. The van der Waals surface area contributed by atoms with E-state index in [1.165, 1.54) is 5.56 Å². The maximum atomic E-state index is 12.0. The molecule has 0 aromatic heterocycles. The van der Waals surface area contributed by atoms with Crippen LogP contribution in [-0.4, -0.2) is 35.4 Å².